The molecule has 1 unspecified atom stereocenters. The Balaban J connectivity index is 1.81. The van der Waals surface area contributed by atoms with E-state index in [-0.39, 0.29) is 11.3 Å². The van der Waals surface area contributed by atoms with Crippen molar-refractivity contribution in [1.29, 1.82) is 0 Å². The SMILES string of the molecule is COc1ccc(/C(O)=C2\C(=O)C(=O)N(c3cccc(Cl)c3)C2c2c(C)[nH]c3ccccc23)cc1C. The summed E-state index contributed by atoms with van der Waals surface area (Å²) in [6.45, 7) is 3.74. The number of ketones is 1. The van der Waals surface area contributed by atoms with Crippen molar-refractivity contribution < 1.29 is 19.4 Å². The molecule has 0 bridgehead atoms. The molecule has 0 spiro atoms. The molecule has 35 heavy (non-hydrogen) atoms. The smallest absolute Gasteiger partial charge is 0.300 e. The third kappa shape index (κ3) is 3.67. The van der Waals surface area contributed by atoms with Gasteiger partial charge in [0.2, 0.25) is 0 Å². The number of hydrogen-bond donors (Lipinski definition) is 2. The van der Waals surface area contributed by atoms with Gasteiger partial charge in [-0.05, 0) is 61.9 Å². The summed E-state index contributed by atoms with van der Waals surface area (Å²) in [7, 11) is 1.57. The fourth-order valence-electron chi connectivity index (χ4n) is 4.83. The van der Waals surface area contributed by atoms with Crippen LogP contribution in [-0.2, 0) is 9.59 Å². The zero-order valence-corrected chi connectivity index (χ0v) is 20.2. The Morgan fingerprint density at radius 1 is 1.03 bits per heavy atom. The summed E-state index contributed by atoms with van der Waals surface area (Å²) in [5, 5.41) is 12.7. The Hall–Kier alpha value is -4.03. The molecule has 0 aliphatic carbocycles. The minimum Gasteiger partial charge on any atom is -0.507 e. The molecule has 6 nitrogen and oxygen atoms in total. The van der Waals surface area contributed by atoms with Gasteiger partial charge >= 0.3 is 0 Å². The van der Waals surface area contributed by atoms with E-state index in [0.717, 1.165) is 27.7 Å². The van der Waals surface area contributed by atoms with Crippen molar-refractivity contribution >= 4 is 45.6 Å². The van der Waals surface area contributed by atoms with Crippen LogP contribution in [0.15, 0.2) is 72.3 Å². The number of halogens is 1. The Labute approximate surface area is 207 Å². The van der Waals surface area contributed by atoms with E-state index in [1.54, 1.807) is 49.6 Å². The number of rotatable bonds is 4. The lowest BCUT2D eigenvalue weighted by molar-refractivity contribution is -0.132. The molecule has 2 N–H and O–H groups in total. The molecular weight excluding hydrogens is 464 g/mol. The maximum absolute atomic E-state index is 13.5. The Kier molecular flexibility index (Phi) is 5.61. The highest BCUT2D eigenvalue weighted by Gasteiger charge is 2.48. The number of amides is 1. The maximum Gasteiger partial charge on any atom is 0.300 e. The number of methoxy groups -OCH3 is 1. The number of carbonyl (C=O) groups excluding carboxylic acids is 2. The first-order chi connectivity index (χ1) is 16.8. The quantitative estimate of drug-likeness (QED) is 0.208. The second-order valence-corrected chi connectivity index (χ2v) is 8.98. The number of nitrogens with one attached hydrogen (secondary N) is 1. The molecule has 5 rings (SSSR count). The van der Waals surface area contributed by atoms with Gasteiger partial charge in [-0.25, -0.2) is 0 Å². The second kappa shape index (κ2) is 8.64. The fraction of sp³-hybridized carbons (Fsp3) is 0.143. The molecule has 1 aromatic heterocycles. The number of carbonyl (C=O) groups is 2. The molecule has 1 fully saturated rings. The van der Waals surface area contributed by atoms with Crippen LogP contribution in [0.25, 0.3) is 16.7 Å². The normalized spacial score (nSPS) is 17.4. The number of anilines is 1. The van der Waals surface area contributed by atoms with Crippen LogP contribution in [0.2, 0.25) is 5.02 Å². The van der Waals surface area contributed by atoms with Gasteiger partial charge in [0, 0.05) is 38.4 Å². The van der Waals surface area contributed by atoms with Gasteiger partial charge in [-0.2, -0.15) is 0 Å². The number of H-pyrrole nitrogens is 1. The van der Waals surface area contributed by atoms with Gasteiger partial charge in [0.05, 0.1) is 18.7 Å². The lowest BCUT2D eigenvalue weighted by atomic mass is 9.92. The standard InChI is InChI=1S/C28H23ClN2O4/c1-15-13-17(11-12-22(15)35-3)26(32)24-25(23-16(2)30-21-10-5-4-9-20(21)23)31(28(34)27(24)33)19-8-6-7-18(29)14-19/h4-14,25,30,32H,1-3H3/b26-24+. The Morgan fingerprint density at radius 3 is 2.51 bits per heavy atom. The minimum atomic E-state index is -0.855. The van der Waals surface area contributed by atoms with Crippen LogP contribution < -0.4 is 9.64 Å². The minimum absolute atomic E-state index is 0.0207. The number of ether oxygens (including phenoxy) is 1. The van der Waals surface area contributed by atoms with Crippen molar-refractivity contribution in [2.24, 2.45) is 0 Å². The van der Waals surface area contributed by atoms with Gasteiger partial charge in [0.25, 0.3) is 11.7 Å². The molecule has 2 heterocycles. The van der Waals surface area contributed by atoms with E-state index < -0.39 is 17.7 Å². The number of aryl methyl sites for hydroxylation is 2. The molecule has 1 aliphatic rings. The van der Waals surface area contributed by atoms with E-state index in [4.69, 9.17) is 16.3 Å². The number of hydrogen-bond acceptors (Lipinski definition) is 4. The van der Waals surface area contributed by atoms with Gasteiger partial charge in [0.15, 0.2) is 0 Å². The number of nitrogens with zero attached hydrogens (tertiary/aromatic N) is 1. The molecule has 0 saturated carbocycles. The van der Waals surface area contributed by atoms with Crippen molar-refractivity contribution in [3.63, 3.8) is 0 Å². The van der Waals surface area contributed by atoms with E-state index in [9.17, 15) is 14.7 Å². The third-order valence-electron chi connectivity index (χ3n) is 6.42. The summed E-state index contributed by atoms with van der Waals surface area (Å²) in [6, 6.07) is 18.8. The van der Waals surface area contributed by atoms with Gasteiger partial charge in [-0.1, -0.05) is 35.9 Å². The molecule has 176 valence electrons. The first-order valence-corrected chi connectivity index (χ1v) is 11.5. The fourth-order valence-corrected chi connectivity index (χ4v) is 5.01. The van der Waals surface area contributed by atoms with E-state index >= 15 is 0 Å². The molecule has 4 aromatic rings. The van der Waals surface area contributed by atoms with Gasteiger partial charge < -0.3 is 14.8 Å². The van der Waals surface area contributed by atoms with Crippen LogP contribution in [0.3, 0.4) is 0 Å². The summed E-state index contributed by atoms with van der Waals surface area (Å²) in [6.07, 6.45) is 0. The highest BCUT2D eigenvalue weighted by Crippen LogP contribution is 2.46. The van der Waals surface area contributed by atoms with E-state index in [0.29, 0.717) is 22.0 Å². The largest absolute Gasteiger partial charge is 0.507 e. The molecule has 1 atom stereocenters. The lowest BCUT2D eigenvalue weighted by Gasteiger charge is -2.26. The molecule has 7 heteroatoms. The third-order valence-corrected chi connectivity index (χ3v) is 6.65. The van der Waals surface area contributed by atoms with E-state index in [2.05, 4.69) is 4.98 Å². The monoisotopic (exact) mass is 486 g/mol. The number of aliphatic hydroxyl groups is 1. The lowest BCUT2D eigenvalue weighted by Crippen LogP contribution is -2.29. The number of fused-ring (bicyclic) bond motifs is 1. The van der Waals surface area contributed by atoms with Crippen molar-refractivity contribution in [3.8, 4) is 5.75 Å². The van der Waals surface area contributed by atoms with Crippen LogP contribution in [0.5, 0.6) is 5.75 Å². The van der Waals surface area contributed by atoms with Gasteiger partial charge in [-0.15, -0.1) is 0 Å². The number of aromatic amines is 1. The predicted octanol–water partition coefficient (Wildman–Crippen LogP) is 6.07. The van der Waals surface area contributed by atoms with Crippen LogP contribution in [0.1, 0.15) is 28.4 Å². The van der Waals surface area contributed by atoms with Crippen molar-refractivity contribution in [3.05, 3.63) is 99.7 Å². The topological polar surface area (TPSA) is 82.6 Å². The zero-order chi connectivity index (χ0) is 24.9. The highest BCUT2D eigenvalue weighted by molar-refractivity contribution is 6.52. The van der Waals surface area contributed by atoms with Gasteiger partial charge in [0.1, 0.15) is 11.5 Å². The second-order valence-electron chi connectivity index (χ2n) is 8.54. The van der Waals surface area contributed by atoms with E-state index in [1.165, 1.54) is 4.90 Å². The zero-order valence-electron chi connectivity index (χ0n) is 19.4. The van der Waals surface area contributed by atoms with Crippen molar-refractivity contribution in [2.75, 3.05) is 12.0 Å². The highest BCUT2D eigenvalue weighted by atomic mass is 35.5. The van der Waals surface area contributed by atoms with Crippen molar-refractivity contribution in [1.82, 2.24) is 4.98 Å². The molecule has 1 saturated heterocycles. The van der Waals surface area contributed by atoms with Gasteiger partial charge in [-0.3, -0.25) is 14.5 Å². The summed E-state index contributed by atoms with van der Waals surface area (Å²) < 4.78 is 5.33. The molecule has 1 amide bonds. The summed E-state index contributed by atoms with van der Waals surface area (Å²) in [5.41, 5.74) is 4.12. The Morgan fingerprint density at radius 2 is 1.80 bits per heavy atom. The van der Waals surface area contributed by atoms with Crippen LogP contribution in [-0.4, -0.2) is 28.9 Å². The number of Topliss-reactive ketones (excluding diaryl/α,β-unsaturated/α-hetero) is 1. The number of aliphatic hydroxyl groups excluding tert-OH is 1. The van der Waals surface area contributed by atoms with Crippen LogP contribution in [0, 0.1) is 13.8 Å². The predicted molar refractivity (Wildman–Crippen MR) is 137 cm³/mol. The Bertz CT molecular complexity index is 1540. The first-order valence-electron chi connectivity index (χ1n) is 11.1. The molecule has 3 aromatic carbocycles. The summed E-state index contributed by atoms with van der Waals surface area (Å²) in [4.78, 5) is 31.7. The molecular formula is C28H23ClN2O4. The van der Waals surface area contributed by atoms with Crippen LogP contribution >= 0.6 is 11.6 Å². The summed E-state index contributed by atoms with van der Waals surface area (Å²) >= 11 is 6.24. The number of aromatic nitrogens is 1. The summed E-state index contributed by atoms with van der Waals surface area (Å²) in [5.74, 6) is -1.07. The average Bonchev–Trinajstić information content (AvgIpc) is 3.30. The van der Waals surface area contributed by atoms with Crippen LogP contribution in [0.4, 0.5) is 5.69 Å². The number of benzene rings is 3. The molecule has 0 radical (unpaired) electrons. The van der Waals surface area contributed by atoms with E-state index in [1.807, 2.05) is 38.1 Å². The molecule has 1 aliphatic heterocycles. The van der Waals surface area contributed by atoms with Crippen molar-refractivity contribution in [2.45, 2.75) is 19.9 Å². The average molecular weight is 487 g/mol. The maximum atomic E-state index is 13.5. The number of para-hydroxylation sites is 1. The first kappa shape index (κ1) is 22.7.